The number of hydrogen-bond donors (Lipinski definition) is 2. The van der Waals surface area contributed by atoms with Crippen molar-refractivity contribution in [1.82, 2.24) is 10.6 Å². The third-order valence-corrected chi connectivity index (χ3v) is 4.18. The Bertz CT molecular complexity index is 623. The smallest absolute Gasteiger partial charge is 0.323 e. The number of Topliss-reactive ketones (excluding diaryl/α,β-unsaturated/α-hetero) is 1. The van der Waals surface area contributed by atoms with Crippen LogP contribution in [0.2, 0.25) is 0 Å². The summed E-state index contributed by atoms with van der Waals surface area (Å²) >= 11 is 0. The summed E-state index contributed by atoms with van der Waals surface area (Å²) in [5, 5.41) is 5.75. The fourth-order valence-corrected chi connectivity index (χ4v) is 3.22. The van der Waals surface area contributed by atoms with E-state index in [4.69, 9.17) is 9.47 Å². The van der Waals surface area contributed by atoms with Crippen molar-refractivity contribution in [2.24, 2.45) is 5.92 Å². The van der Waals surface area contributed by atoms with Crippen molar-refractivity contribution in [3.05, 3.63) is 12.2 Å². The molecule has 1 aliphatic heterocycles. The monoisotopic (exact) mass is 396 g/mol. The van der Waals surface area contributed by atoms with Crippen molar-refractivity contribution in [2.45, 2.75) is 78.1 Å². The van der Waals surface area contributed by atoms with Gasteiger partial charge in [-0.2, -0.15) is 0 Å². The number of rotatable bonds is 8. The first-order valence-corrected chi connectivity index (χ1v) is 9.55. The first-order valence-electron chi connectivity index (χ1n) is 9.55. The topological polar surface area (TPSA) is 111 Å². The predicted octanol–water partition coefficient (Wildman–Crippen LogP) is 1.28. The molecular formula is C20H32N2O6. The van der Waals surface area contributed by atoms with Crippen molar-refractivity contribution in [2.75, 3.05) is 6.61 Å². The molecule has 0 aromatic rings. The van der Waals surface area contributed by atoms with Gasteiger partial charge in [0.15, 0.2) is 5.78 Å². The van der Waals surface area contributed by atoms with Crippen LogP contribution in [0.3, 0.4) is 0 Å². The Hall–Kier alpha value is -2.22. The molecule has 1 heterocycles. The van der Waals surface area contributed by atoms with E-state index < -0.39 is 53.8 Å². The van der Waals surface area contributed by atoms with Gasteiger partial charge in [-0.15, -0.1) is 0 Å². The second-order valence-corrected chi connectivity index (χ2v) is 7.83. The molecule has 0 bridgehead atoms. The summed E-state index contributed by atoms with van der Waals surface area (Å²) in [5.41, 5.74) is -0.635. The van der Waals surface area contributed by atoms with E-state index in [0.29, 0.717) is 6.42 Å². The van der Waals surface area contributed by atoms with Crippen LogP contribution in [0, 0.1) is 5.92 Å². The fourth-order valence-electron chi connectivity index (χ4n) is 3.22. The molecule has 0 unspecified atom stereocenters. The molecule has 158 valence electrons. The molecule has 1 fully saturated rings. The molecule has 1 aliphatic rings. The summed E-state index contributed by atoms with van der Waals surface area (Å²) in [7, 11) is 0. The Morgan fingerprint density at radius 1 is 1.25 bits per heavy atom. The highest BCUT2D eigenvalue weighted by molar-refractivity contribution is 6.00. The molecular weight excluding hydrogens is 364 g/mol. The number of hydrogen-bond acceptors (Lipinski definition) is 7. The number of carbonyl (C=O) groups excluding carboxylic acids is 4. The Labute approximate surface area is 166 Å². The zero-order chi connectivity index (χ0) is 21.5. The molecule has 0 spiro atoms. The lowest BCUT2D eigenvalue weighted by atomic mass is 9.90. The van der Waals surface area contributed by atoms with Crippen LogP contribution in [0.4, 0.5) is 0 Å². The largest absolute Gasteiger partial charge is 0.466 e. The van der Waals surface area contributed by atoms with Gasteiger partial charge in [0, 0.05) is 13.0 Å². The van der Waals surface area contributed by atoms with E-state index in [0.717, 1.165) is 0 Å². The molecule has 4 atom stereocenters. The van der Waals surface area contributed by atoms with E-state index in [2.05, 4.69) is 10.6 Å². The zero-order valence-electron chi connectivity index (χ0n) is 17.5. The quantitative estimate of drug-likeness (QED) is 0.361. The normalized spacial score (nSPS) is 23.3. The summed E-state index contributed by atoms with van der Waals surface area (Å²) in [4.78, 5) is 48.6. The lowest BCUT2D eigenvalue weighted by Crippen LogP contribution is -2.55. The fraction of sp³-hybridized carbons (Fsp3) is 0.700. The molecule has 0 aromatic heterocycles. The lowest BCUT2D eigenvalue weighted by molar-refractivity contribution is -0.157. The van der Waals surface area contributed by atoms with Crippen LogP contribution in [-0.4, -0.2) is 54.0 Å². The summed E-state index contributed by atoms with van der Waals surface area (Å²) in [6.45, 7) is 10.3. The average Bonchev–Trinajstić information content (AvgIpc) is 2.95. The van der Waals surface area contributed by atoms with Gasteiger partial charge in [-0.25, -0.2) is 0 Å². The minimum absolute atomic E-state index is 0.167. The Morgan fingerprint density at radius 3 is 2.39 bits per heavy atom. The van der Waals surface area contributed by atoms with Gasteiger partial charge in [0.1, 0.15) is 24.1 Å². The van der Waals surface area contributed by atoms with Crippen molar-refractivity contribution in [3.63, 3.8) is 0 Å². The maximum atomic E-state index is 12.7. The molecule has 0 aromatic carbocycles. The summed E-state index contributed by atoms with van der Waals surface area (Å²) in [6, 6.07) is -2.12. The number of ether oxygens (including phenoxy) is 2. The van der Waals surface area contributed by atoms with E-state index in [1.54, 1.807) is 27.7 Å². The van der Waals surface area contributed by atoms with Crippen molar-refractivity contribution >= 4 is 23.6 Å². The average molecular weight is 396 g/mol. The minimum atomic E-state index is -0.962. The molecule has 8 nitrogen and oxygen atoms in total. The zero-order valence-corrected chi connectivity index (χ0v) is 17.5. The van der Waals surface area contributed by atoms with E-state index >= 15 is 0 Å². The molecule has 1 amide bonds. The number of nitrogens with one attached hydrogen (secondary N) is 2. The van der Waals surface area contributed by atoms with Crippen molar-refractivity contribution in [1.29, 1.82) is 0 Å². The highest BCUT2D eigenvalue weighted by Crippen LogP contribution is 2.27. The summed E-state index contributed by atoms with van der Waals surface area (Å²) < 4.78 is 10.3. The van der Waals surface area contributed by atoms with Crippen LogP contribution >= 0.6 is 0 Å². The van der Waals surface area contributed by atoms with Gasteiger partial charge in [0.05, 0.1) is 6.61 Å². The first-order chi connectivity index (χ1) is 13.0. The number of amides is 1. The number of ketones is 1. The van der Waals surface area contributed by atoms with Crippen LogP contribution in [-0.2, 0) is 28.7 Å². The number of allylic oxidation sites excluding steroid dienone is 1. The number of esters is 2. The van der Waals surface area contributed by atoms with Crippen LogP contribution in [0.15, 0.2) is 12.2 Å². The molecule has 0 aliphatic carbocycles. The van der Waals surface area contributed by atoms with Crippen LogP contribution in [0.25, 0.3) is 0 Å². The minimum Gasteiger partial charge on any atom is -0.466 e. The van der Waals surface area contributed by atoms with Crippen LogP contribution in [0.5, 0.6) is 0 Å². The third-order valence-electron chi connectivity index (χ3n) is 4.18. The van der Waals surface area contributed by atoms with Gasteiger partial charge in [-0.3, -0.25) is 24.5 Å². The van der Waals surface area contributed by atoms with Gasteiger partial charge >= 0.3 is 11.9 Å². The number of carbonyl (C=O) groups is 4. The highest BCUT2D eigenvalue weighted by Gasteiger charge is 2.44. The second-order valence-electron chi connectivity index (χ2n) is 7.83. The maximum Gasteiger partial charge on any atom is 0.323 e. The maximum absolute atomic E-state index is 12.7. The Morgan fingerprint density at radius 2 is 1.89 bits per heavy atom. The van der Waals surface area contributed by atoms with Crippen LogP contribution in [0.1, 0.15) is 54.4 Å². The SMILES string of the molecule is C/C=C\[C@@H]1C[C@H](C(=O)OC(C)(C)C)N[C@H]1[C@@H](NC(C)=O)C(=O)CC(=O)OCC. The van der Waals surface area contributed by atoms with E-state index in [-0.39, 0.29) is 12.5 Å². The van der Waals surface area contributed by atoms with Gasteiger partial charge in [0.25, 0.3) is 0 Å². The lowest BCUT2D eigenvalue weighted by Gasteiger charge is -2.27. The molecule has 1 saturated heterocycles. The van der Waals surface area contributed by atoms with Crippen molar-refractivity contribution in [3.8, 4) is 0 Å². The molecule has 8 heteroatoms. The van der Waals surface area contributed by atoms with Gasteiger partial charge < -0.3 is 14.8 Å². The van der Waals surface area contributed by atoms with Gasteiger partial charge in [-0.1, -0.05) is 12.2 Å². The first kappa shape index (κ1) is 23.8. The predicted molar refractivity (Wildman–Crippen MR) is 103 cm³/mol. The van der Waals surface area contributed by atoms with E-state index in [9.17, 15) is 19.2 Å². The Kier molecular flexibility index (Phi) is 8.81. The standard InChI is InChI=1S/C20H32N2O6/c1-7-9-13-10-14(19(26)28-20(4,5)6)22-17(13)18(21-12(3)23)15(24)11-16(25)27-8-2/h7,9,13-14,17-18,22H,8,10-11H2,1-6H3,(H,21,23)/b9-7-/t13-,14-,17-,18+/m1/s1. The molecule has 1 rings (SSSR count). The van der Waals surface area contributed by atoms with Crippen molar-refractivity contribution < 1.29 is 28.7 Å². The van der Waals surface area contributed by atoms with Crippen LogP contribution < -0.4 is 10.6 Å². The second kappa shape index (κ2) is 10.4. The molecule has 28 heavy (non-hydrogen) atoms. The summed E-state index contributed by atoms with van der Waals surface area (Å²) in [6.07, 6.45) is 3.69. The van der Waals surface area contributed by atoms with E-state index in [1.807, 2.05) is 19.1 Å². The van der Waals surface area contributed by atoms with Gasteiger partial charge in [-0.05, 0) is 47.0 Å². The third kappa shape index (κ3) is 7.42. The Balaban J connectivity index is 3.04. The molecule has 0 saturated carbocycles. The molecule has 2 N–H and O–H groups in total. The van der Waals surface area contributed by atoms with Gasteiger partial charge in [0.2, 0.25) is 5.91 Å². The highest BCUT2D eigenvalue weighted by atomic mass is 16.6. The van der Waals surface area contributed by atoms with E-state index in [1.165, 1.54) is 6.92 Å². The molecule has 0 radical (unpaired) electrons. The summed E-state index contributed by atoms with van der Waals surface area (Å²) in [5.74, 6) is -2.11.